The Balaban J connectivity index is 1.42. The molecule has 1 aliphatic carbocycles. The fraction of sp³-hybridized carbons (Fsp3) is 0.400. The second-order valence-electron chi connectivity index (χ2n) is 4.98. The molecule has 3 heteroatoms. The highest BCUT2D eigenvalue weighted by atomic mass is 14.9. The number of nitrogens with one attached hydrogen (secondary N) is 2. The molecule has 1 saturated carbocycles. The molecule has 1 aliphatic rings. The fourth-order valence-corrected chi connectivity index (χ4v) is 2.20. The number of hydrogen-bond acceptors (Lipinski definition) is 2. The van der Waals surface area contributed by atoms with Gasteiger partial charge in [0.1, 0.15) is 5.82 Å². The van der Waals surface area contributed by atoms with E-state index < -0.39 is 0 Å². The molecule has 0 unspecified atom stereocenters. The summed E-state index contributed by atoms with van der Waals surface area (Å²) >= 11 is 0. The van der Waals surface area contributed by atoms with E-state index in [2.05, 4.69) is 39.6 Å². The first-order chi connectivity index (χ1) is 8.92. The smallest absolute Gasteiger partial charge is 0.107 e. The lowest BCUT2D eigenvalue weighted by molar-refractivity contribution is 0.674. The Morgan fingerprint density at radius 1 is 1.22 bits per heavy atom. The third kappa shape index (κ3) is 2.99. The standard InChI is InChI=1S/C15H19N3/c1-3-13(14-5-6-14)4-2-12(1)11-16-8-7-15-17-9-10-18-15/h1-4,9-10,14,16H,5-8,11H2,(H,17,18). The zero-order chi connectivity index (χ0) is 12.2. The van der Waals surface area contributed by atoms with Gasteiger partial charge in [0.25, 0.3) is 0 Å². The molecule has 0 aliphatic heterocycles. The van der Waals surface area contributed by atoms with E-state index in [1.807, 2.05) is 6.20 Å². The highest BCUT2D eigenvalue weighted by Gasteiger charge is 2.22. The van der Waals surface area contributed by atoms with Crippen LogP contribution in [0.25, 0.3) is 0 Å². The van der Waals surface area contributed by atoms with Gasteiger partial charge in [-0.1, -0.05) is 24.3 Å². The largest absolute Gasteiger partial charge is 0.349 e. The molecule has 94 valence electrons. The maximum absolute atomic E-state index is 4.20. The monoisotopic (exact) mass is 241 g/mol. The lowest BCUT2D eigenvalue weighted by Gasteiger charge is -2.05. The van der Waals surface area contributed by atoms with E-state index >= 15 is 0 Å². The highest BCUT2D eigenvalue weighted by Crippen LogP contribution is 2.39. The van der Waals surface area contributed by atoms with Crippen LogP contribution < -0.4 is 5.32 Å². The van der Waals surface area contributed by atoms with E-state index in [0.29, 0.717) is 0 Å². The summed E-state index contributed by atoms with van der Waals surface area (Å²) in [7, 11) is 0. The van der Waals surface area contributed by atoms with Gasteiger partial charge in [0.15, 0.2) is 0 Å². The number of rotatable bonds is 6. The minimum atomic E-state index is 0.853. The van der Waals surface area contributed by atoms with Gasteiger partial charge in [-0.25, -0.2) is 4.98 Å². The van der Waals surface area contributed by atoms with Crippen molar-refractivity contribution < 1.29 is 0 Å². The summed E-state index contributed by atoms with van der Waals surface area (Å²) in [5, 5.41) is 3.44. The first-order valence-corrected chi connectivity index (χ1v) is 6.69. The summed E-state index contributed by atoms with van der Waals surface area (Å²) < 4.78 is 0. The zero-order valence-corrected chi connectivity index (χ0v) is 10.5. The second kappa shape index (κ2) is 5.36. The normalized spacial score (nSPS) is 14.9. The molecule has 18 heavy (non-hydrogen) atoms. The van der Waals surface area contributed by atoms with Crippen LogP contribution in [0.4, 0.5) is 0 Å². The molecule has 1 heterocycles. The van der Waals surface area contributed by atoms with Gasteiger partial charge in [0, 0.05) is 31.9 Å². The quantitative estimate of drug-likeness (QED) is 0.763. The number of imidazole rings is 1. The Kier molecular flexibility index (Phi) is 3.42. The fourth-order valence-electron chi connectivity index (χ4n) is 2.20. The average Bonchev–Trinajstić information content (AvgIpc) is 3.13. The molecule has 0 saturated heterocycles. The summed E-state index contributed by atoms with van der Waals surface area (Å²) in [4.78, 5) is 7.31. The Morgan fingerprint density at radius 2 is 2.06 bits per heavy atom. The molecule has 1 aromatic carbocycles. The molecule has 2 N–H and O–H groups in total. The van der Waals surface area contributed by atoms with E-state index in [1.165, 1.54) is 24.0 Å². The molecule has 3 nitrogen and oxygen atoms in total. The van der Waals surface area contributed by atoms with Crippen LogP contribution in [0.15, 0.2) is 36.7 Å². The van der Waals surface area contributed by atoms with Crippen LogP contribution in [-0.4, -0.2) is 16.5 Å². The number of nitrogens with zero attached hydrogens (tertiary/aromatic N) is 1. The van der Waals surface area contributed by atoms with Gasteiger partial charge >= 0.3 is 0 Å². The minimum absolute atomic E-state index is 0.853. The first-order valence-electron chi connectivity index (χ1n) is 6.69. The minimum Gasteiger partial charge on any atom is -0.349 e. The second-order valence-corrected chi connectivity index (χ2v) is 4.98. The van der Waals surface area contributed by atoms with E-state index in [0.717, 1.165) is 31.3 Å². The van der Waals surface area contributed by atoms with Crippen LogP contribution in [-0.2, 0) is 13.0 Å². The summed E-state index contributed by atoms with van der Waals surface area (Å²) in [6.07, 6.45) is 7.37. The van der Waals surface area contributed by atoms with E-state index in [4.69, 9.17) is 0 Å². The van der Waals surface area contributed by atoms with Crippen LogP contribution in [0, 0.1) is 0 Å². The molecule has 0 radical (unpaired) electrons. The van der Waals surface area contributed by atoms with Crippen molar-refractivity contribution in [2.75, 3.05) is 6.54 Å². The van der Waals surface area contributed by atoms with E-state index in [-0.39, 0.29) is 0 Å². The van der Waals surface area contributed by atoms with Crippen LogP contribution in [0.5, 0.6) is 0 Å². The first kappa shape index (κ1) is 11.5. The molecular weight excluding hydrogens is 222 g/mol. The Labute approximate surface area is 108 Å². The maximum atomic E-state index is 4.20. The third-order valence-corrected chi connectivity index (χ3v) is 3.45. The van der Waals surface area contributed by atoms with Crippen LogP contribution in [0.3, 0.4) is 0 Å². The van der Waals surface area contributed by atoms with Gasteiger partial charge in [-0.15, -0.1) is 0 Å². The summed E-state index contributed by atoms with van der Waals surface area (Å²) in [6.45, 7) is 1.89. The topological polar surface area (TPSA) is 40.7 Å². The van der Waals surface area contributed by atoms with Crippen molar-refractivity contribution in [2.45, 2.75) is 31.7 Å². The molecule has 3 rings (SSSR count). The molecule has 0 amide bonds. The predicted octanol–water partition coefficient (Wildman–Crippen LogP) is 2.62. The number of aromatic nitrogens is 2. The van der Waals surface area contributed by atoms with Crippen molar-refractivity contribution in [1.82, 2.24) is 15.3 Å². The molecule has 0 atom stereocenters. The Morgan fingerprint density at radius 3 is 2.72 bits per heavy atom. The van der Waals surface area contributed by atoms with Crippen molar-refractivity contribution >= 4 is 0 Å². The lowest BCUT2D eigenvalue weighted by atomic mass is 10.1. The van der Waals surface area contributed by atoms with Crippen molar-refractivity contribution in [3.63, 3.8) is 0 Å². The summed E-state index contributed by atoms with van der Waals surface area (Å²) in [6, 6.07) is 9.05. The molecule has 2 aromatic rings. The van der Waals surface area contributed by atoms with E-state index in [9.17, 15) is 0 Å². The molecule has 1 fully saturated rings. The SMILES string of the molecule is c1c[nH]c(CCNCc2ccc(C3CC3)cc2)n1. The van der Waals surface area contributed by atoms with Gasteiger partial charge in [-0.2, -0.15) is 0 Å². The van der Waals surface area contributed by atoms with Crippen LogP contribution in [0.1, 0.15) is 35.7 Å². The number of hydrogen-bond donors (Lipinski definition) is 2. The van der Waals surface area contributed by atoms with Gasteiger partial charge in [0.2, 0.25) is 0 Å². The average molecular weight is 241 g/mol. The molecule has 1 aromatic heterocycles. The summed E-state index contributed by atoms with van der Waals surface area (Å²) in [5.74, 6) is 1.90. The van der Waals surface area contributed by atoms with Crippen molar-refractivity contribution in [3.05, 3.63) is 53.6 Å². The van der Waals surface area contributed by atoms with Crippen LogP contribution >= 0.6 is 0 Å². The van der Waals surface area contributed by atoms with Gasteiger partial charge < -0.3 is 10.3 Å². The van der Waals surface area contributed by atoms with Crippen LogP contribution in [0.2, 0.25) is 0 Å². The Hall–Kier alpha value is -1.61. The van der Waals surface area contributed by atoms with Gasteiger partial charge in [-0.05, 0) is 29.9 Å². The molecule has 0 spiro atoms. The predicted molar refractivity (Wildman–Crippen MR) is 72.4 cm³/mol. The maximum Gasteiger partial charge on any atom is 0.107 e. The van der Waals surface area contributed by atoms with Crippen molar-refractivity contribution in [2.24, 2.45) is 0 Å². The van der Waals surface area contributed by atoms with Gasteiger partial charge in [0.05, 0.1) is 0 Å². The van der Waals surface area contributed by atoms with E-state index in [1.54, 1.807) is 6.20 Å². The van der Waals surface area contributed by atoms with Crippen molar-refractivity contribution in [3.8, 4) is 0 Å². The lowest BCUT2D eigenvalue weighted by Crippen LogP contribution is -2.17. The Bertz CT molecular complexity index is 469. The number of H-pyrrole nitrogens is 1. The molecule has 0 bridgehead atoms. The molecular formula is C15H19N3. The number of benzene rings is 1. The van der Waals surface area contributed by atoms with Crippen molar-refractivity contribution in [1.29, 1.82) is 0 Å². The summed E-state index contributed by atoms with van der Waals surface area (Å²) in [5.41, 5.74) is 2.87. The zero-order valence-electron chi connectivity index (χ0n) is 10.5. The highest BCUT2D eigenvalue weighted by molar-refractivity contribution is 5.27. The number of aromatic amines is 1. The third-order valence-electron chi connectivity index (χ3n) is 3.45. The van der Waals surface area contributed by atoms with Gasteiger partial charge in [-0.3, -0.25) is 0 Å².